The quantitative estimate of drug-likeness (QED) is 0.874. The van der Waals surface area contributed by atoms with E-state index in [1.54, 1.807) is 7.11 Å². The first-order valence-corrected chi connectivity index (χ1v) is 7.10. The van der Waals surface area contributed by atoms with Gasteiger partial charge in [-0.1, -0.05) is 12.1 Å². The Morgan fingerprint density at radius 1 is 1.32 bits per heavy atom. The molecule has 1 heterocycles. The van der Waals surface area contributed by atoms with Gasteiger partial charge in [-0.3, -0.25) is 0 Å². The predicted octanol–water partition coefficient (Wildman–Crippen LogP) is 3.94. The number of rotatable bonds is 6. The summed E-state index contributed by atoms with van der Waals surface area (Å²) in [6.07, 6.45) is 0.962. The fraction of sp³-hybridized carbons (Fsp3) is 0.333. The Labute approximate surface area is 122 Å². The number of ether oxygens (including phenoxy) is 1. The zero-order chi connectivity index (χ0) is 13.7. The molecule has 0 aliphatic rings. The first-order chi connectivity index (χ1) is 9.19. The molecular formula is C15H18BrNO2. The number of benzene rings is 1. The number of halogens is 1. The van der Waals surface area contributed by atoms with Crippen LogP contribution < -0.4 is 10.1 Å². The van der Waals surface area contributed by atoms with Crippen LogP contribution in [0.2, 0.25) is 0 Å². The van der Waals surface area contributed by atoms with Crippen molar-refractivity contribution < 1.29 is 9.15 Å². The third-order valence-corrected chi connectivity index (χ3v) is 3.45. The number of furan rings is 1. The fourth-order valence-electron chi connectivity index (χ4n) is 1.92. The molecule has 0 fully saturated rings. The third kappa shape index (κ3) is 4.11. The molecule has 0 saturated heterocycles. The summed E-state index contributed by atoms with van der Waals surface area (Å²) in [4.78, 5) is 0. The molecule has 0 amide bonds. The molecular weight excluding hydrogens is 306 g/mol. The van der Waals surface area contributed by atoms with Gasteiger partial charge in [0, 0.05) is 0 Å². The van der Waals surface area contributed by atoms with Gasteiger partial charge in [0.05, 0.1) is 13.2 Å². The summed E-state index contributed by atoms with van der Waals surface area (Å²) in [6, 6.07) is 12.2. The predicted molar refractivity (Wildman–Crippen MR) is 79.5 cm³/mol. The van der Waals surface area contributed by atoms with Gasteiger partial charge >= 0.3 is 0 Å². The Hall–Kier alpha value is -1.26. The number of hydrogen-bond acceptors (Lipinski definition) is 3. The largest absolute Gasteiger partial charge is 0.497 e. The van der Waals surface area contributed by atoms with Crippen molar-refractivity contribution >= 4 is 15.9 Å². The molecule has 1 unspecified atom stereocenters. The standard InChI is InChI=1S/C15H18BrNO2/c1-11(14-6-7-15(16)19-14)17-9-8-12-4-3-5-13(10-12)18-2/h3-7,10-11,17H,8-9H2,1-2H3. The molecule has 19 heavy (non-hydrogen) atoms. The van der Waals surface area contributed by atoms with E-state index < -0.39 is 0 Å². The summed E-state index contributed by atoms with van der Waals surface area (Å²) in [5, 5.41) is 3.44. The highest BCUT2D eigenvalue weighted by Gasteiger charge is 2.08. The van der Waals surface area contributed by atoms with Gasteiger partial charge in [-0.25, -0.2) is 0 Å². The summed E-state index contributed by atoms with van der Waals surface area (Å²) in [7, 11) is 1.69. The molecule has 2 rings (SSSR count). The number of nitrogens with one attached hydrogen (secondary N) is 1. The molecule has 0 radical (unpaired) electrons. The lowest BCUT2D eigenvalue weighted by Gasteiger charge is -2.11. The first-order valence-electron chi connectivity index (χ1n) is 6.30. The van der Waals surface area contributed by atoms with Crippen molar-refractivity contribution in [1.29, 1.82) is 0 Å². The van der Waals surface area contributed by atoms with Crippen LogP contribution in [0, 0.1) is 0 Å². The zero-order valence-corrected chi connectivity index (χ0v) is 12.7. The maximum atomic E-state index is 5.52. The minimum atomic E-state index is 0.205. The van der Waals surface area contributed by atoms with Gasteiger partial charge in [-0.05, 0) is 65.6 Å². The van der Waals surface area contributed by atoms with E-state index in [-0.39, 0.29) is 6.04 Å². The Morgan fingerprint density at radius 2 is 2.16 bits per heavy atom. The van der Waals surface area contributed by atoms with E-state index >= 15 is 0 Å². The molecule has 102 valence electrons. The monoisotopic (exact) mass is 323 g/mol. The average molecular weight is 324 g/mol. The summed E-state index contributed by atoms with van der Waals surface area (Å²) < 4.78 is 11.5. The maximum Gasteiger partial charge on any atom is 0.169 e. The van der Waals surface area contributed by atoms with Crippen LogP contribution in [-0.4, -0.2) is 13.7 Å². The molecule has 0 aliphatic carbocycles. The van der Waals surface area contributed by atoms with Gasteiger partial charge < -0.3 is 14.5 Å². The van der Waals surface area contributed by atoms with Gasteiger partial charge in [0.15, 0.2) is 4.67 Å². The molecule has 0 aliphatic heterocycles. The maximum absolute atomic E-state index is 5.52. The van der Waals surface area contributed by atoms with E-state index in [1.807, 2.05) is 24.3 Å². The molecule has 1 aromatic carbocycles. The SMILES string of the molecule is COc1cccc(CCNC(C)c2ccc(Br)o2)c1. The second-order valence-corrected chi connectivity index (χ2v) is 5.20. The van der Waals surface area contributed by atoms with Crippen molar-refractivity contribution in [1.82, 2.24) is 5.32 Å². The fourth-order valence-corrected chi connectivity index (χ4v) is 2.24. The van der Waals surface area contributed by atoms with Crippen LogP contribution in [0.15, 0.2) is 45.5 Å². The Bertz CT molecular complexity index is 524. The second-order valence-electron chi connectivity index (χ2n) is 4.42. The van der Waals surface area contributed by atoms with Crippen LogP contribution >= 0.6 is 15.9 Å². The lowest BCUT2D eigenvalue weighted by Crippen LogP contribution is -2.20. The molecule has 1 aromatic heterocycles. The van der Waals surface area contributed by atoms with Gasteiger partial charge in [0.1, 0.15) is 11.5 Å². The van der Waals surface area contributed by atoms with Crippen LogP contribution in [0.4, 0.5) is 0 Å². The average Bonchev–Trinajstić information content (AvgIpc) is 2.86. The third-order valence-electron chi connectivity index (χ3n) is 3.02. The first kappa shape index (κ1) is 14.2. The summed E-state index contributed by atoms with van der Waals surface area (Å²) in [6.45, 7) is 2.99. The van der Waals surface area contributed by atoms with Gasteiger partial charge in [-0.2, -0.15) is 0 Å². The van der Waals surface area contributed by atoms with Crippen LogP contribution in [0.5, 0.6) is 5.75 Å². The van der Waals surface area contributed by atoms with E-state index in [9.17, 15) is 0 Å². The summed E-state index contributed by atoms with van der Waals surface area (Å²) in [5.41, 5.74) is 1.26. The Morgan fingerprint density at radius 3 is 2.84 bits per heavy atom. The highest BCUT2D eigenvalue weighted by molar-refractivity contribution is 9.10. The van der Waals surface area contributed by atoms with Gasteiger partial charge in [0.25, 0.3) is 0 Å². The Balaban J connectivity index is 1.82. The summed E-state index contributed by atoms with van der Waals surface area (Å²) >= 11 is 3.31. The van der Waals surface area contributed by atoms with E-state index in [0.29, 0.717) is 0 Å². The van der Waals surface area contributed by atoms with Crippen molar-refractivity contribution in [3.8, 4) is 5.75 Å². The molecule has 0 spiro atoms. The van der Waals surface area contributed by atoms with Crippen LogP contribution in [-0.2, 0) is 6.42 Å². The van der Waals surface area contributed by atoms with E-state index in [1.165, 1.54) is 5.56 Å². The highest BCUT2D eigenvalue weighted by atomic mass is 79.9. The van der Waals surface area contributed by atoms with E-state index in [2.05, 4.69) is 40.3 Å². The minimum Gasteiger partial charge on any atom is -0.497 e. The summed E-state index contributed by atoms with van der Waals surface area (Å²) in [5.74, 6) is 1.85. The van der Waals surface area contributed by atoms with Gasteiger partial charge in [0.2, 0.25) is 0 Å². The van der Waals surface area contributed by atoms with Crippen molar-refractivity contribution in [2.75, 3.05) is 13.7 Å². The second kappa shape index (κ2) is 6.78. The molecule has 1 atom stereocenters. The molecule has 2 aromatic rings. The molecule has 0 saturated carbocycles. The number of hydrogen-bond donors (Lipinski definition) is 1. The van der Waals surface area contributed by atoms with Crippen molar-refractivity contribution in [3.63, 3.8) is 0 Å². The molecule has 1 N–H and O–H groups in total. The zero-order valence-electron chi connectivity index (χ0n) is 11.2. The molecule has 4 heteroatoms. The topological polar surface area (TPSA) is 34.4 Å². The minimum absolute atomic E-state index is 0.205. The van der Waals surface area contributed by atoms with Gasteiger partial charge in [-0.15, -0.1) is 0 Å². The smallest absolute Gasteiger partial charge is 0.169 e. The molecule has 3 nitrogen and oxygen atoms in total. The van der Waals surface area contributed by atoms with Crippen LogP contribution in [0.1, 0.15) is 24.3 Å². The van der Waals surface area contributed by atoms with Crippen molar-refractivity contribution in [2.45, 2.75) is 19.4 Å². The van der Waals surface area contributed by atoms with Crippen molar-refractivity contribution in [3.05, 3.63) is 52.4 Å². The lowest BCUT2D eigenvalue weighted by atomic mass is 10.1. The normalized spacial score (nSPS) is 12.4. The van der Waals surface area contributed by atoms with Crippen LogP contribution in [0.25, 0.3) is 0 Å². The van der Waals surface area contributed by atoms with E-state index in [4.69, 9.17) is 9.15 Å². The van der Waals surface area contributed by atoms with Crippen LogP contribution in [0.3, 0.4) is 0 Å². The lowest BCUT2D eigenvalue weighted by molar-refractivity contribution is 0.413. The van der Waals surface area contributed by atoms with E-state index in [0.717, 1.165) is 29.1 Å². The Kier molecular flexibility index (Phi) is 5.05. The molecule has 0 bridgehead atoms. The number of methoxy groups -OCH3 is 1. The highest BCUT2D eigenvalue weighted by Crippen LogP contribution is 2.20. The van der Waals surface area contributed by atoms with Crippen molar-refractivity contribution in [2.24, 2.45) is 0 Å².